The highest BCUT2D eigenvalue weighted by Crippen LogP contribution is 2.34. The van der Waals surface area contributed by atoms with Gasteiger partial charge in [0.1, 0.15) is 6.04 Å². The minimum absolute atomic E-state index is 0.00399. The number of rotatable bonds is 5. The maximum atomic E-state index is 13.5. The molecule has 0 saturated carbocycles. The summed E-state index contributed by atoms with van der Waals surface area (Å²) in [4.78, 5) is 31.1. The van der Waals surface area contributed by atoms with Gasteiger partial charge >= 0.3 is 0 Å². The molecule has 2 aromatic rings. The maximum Gasteiger partial charge on any atom is 0.249 e. The molecule has 0 N–H and O–H groups in total. The number of piperidine rings is 1. The normalized spacial score (nSPS) is 21.4. The zero-order chi connectivity index (χ0) is 23.0. The van der Waals surface area contributed by atoms with Gasteiger partial charge in [-0.05, 0) is 67.3 Å². The van der Waals surface area contributed by atoms with Crippen LogP contribution in [-0.4, -0.2) is 61.7 Å². The summed E-state index contributed by atoms with van der Waals surface area (Å²) in [5.74, 6) is -0.0619. The number of hydrogen-bond donors (Lipinski definition) is 0. The van der Waals surface area contributed by atoms with Crippen LogP contribution in [0.4, 0.5) is 5.69 Å². The van der Waals surface area contributed by atoms with Gasteiger partial charge in [0.05, 0.1) is 11.3 Å². The molecule has 1 unspecified atom stereocenters. The van der Waals surface area contributed by atoms with E-state index in [1.165, 1.54) is 0 Å². The van der Waals surface area contributed by atoms with Gasteiger partial charge in [0.25, 0.3) is 0 Å². The first-order valence-electron chi connectivity index (χ1n) is 11.7. The van der Waals surface area contributed by atoms with Gasteiger partial charge in [-0.15, -0.1) is 11.3 Å². The van der Waals surface area contributed by atoms with Crippen molar-refractivity contribution in [3.8, 4) is 0 Å². The van der Waals surface area contributed by atoms with Crippen LogP contribution in [0, 0.1) is 0 Å². The van der Waals surface area contributed by atoms with E-state index in [2.05, 4.69) is 0 Å². The molecule has 0 bridgehead atoms. The van der Waals surface area contributed by atoms with Crippen LogP contribution in [0.3, 0.4) is 0 Å². The summed E-state index contributed by atoms with van der Waals surface area (Å²) in [6.45, 7) is 2.27. The Labute approximate surface area is 199 Å². The van der Waals surface area contributed by atoms with Gasteiger partial charge in [-0.3, -0.25) is 9.59 Å². The molecule has 0 spiro atoms. The third kappa shape index (κ3) is 4.34. The number of thiophene rings is 1. The largest absolute Gasteiger partial charge is 0.330 e. The number of nitrogens with zero attached hydrogens (tertiary/aromatic N) is 3. The first-order valence-corrected chi connectivity index (χ1v) is 14.0. The SMILES string of the molecule is O=C(C1CCCN1C(=O)Cc1cccs1)N1CCc2cc(S(=O)(=O)N3CCCCC3)ccc21. The Morgan fingerprint density at radius 3 is 2.58 bits per heavy atom. The van der Waals surface area contributed by atoms with Crippen molar-refractivity contribution in [3.63, 3.8) is 0 Å². The fourth-order valence-corrected chi connectivity index (χ4v) is 7.45. The molecule has 1 atom stereocenters. The minimum Gasteiger partial charge on any atom is -0.330 e. The number of fused-ring (bicyclic) bond motifs is 1. The number of carbonyl (C=O) groups is 2. The number of hydrogen-bond acceptors (Lipinski definition) is 5. The fraction of sp³-hybridized carbons (Fsp3) is 0.500. The average molecular weight is 488 g/mol. The Balaban J connectivity index is 1.32. The van der Waals surface area contributed by atoms with E-state index in [9.17, 15) is 18.0 Å². The molecule has 2 amide bonds. The topological polar surface area (TPSA) is 78.0 Å². The van der Waals surface area contributed by atoms with E-state index in [1.54, 1.807) is 43.6 Å². The molecule has 3 aliphatic rings. The Bertz CT molecular complexity index is 1140. The van der Waals surface area contributed by atoms with Gasteiger partial charge in [-0.25, -0.2) is 8.42 Å². The number of carbonyl (C=O) groups excluding carboxylic acids is 2. The zero-order valence-electron chi connectivity index (χ0n) is 18.6. The van der Waals surface area contributed by atoms with E-state index in [0.29, 0.717) is 50.3 Å². The van der Waals surface area contributed by atoms with Crippen LogP contribution in [0.2, 0.25) is 0 Å². The van der Waals surface area contributed by atoms with Crippen molar-refractivity contribution in [2.24, 2.45) is 0 Å². The van der Waals surface area contributed by atoms with E-state index in [0.717, 1.165) is 41.8 Å². The first-order chi connectivity index (χ1) is 15.9. The van der Waals surface area contributed by atoms with Crippen molar-refractivity contribution in [1.29, 1.82) is 0 Å². The highest BCUT2D eigenvalue weighted by molar-refractivity contribution is 7.89. The maximum absolute atomic E-state index is 13.5. The van der Waals surface area contributed by atoms with E-state index in [4.69, 9.17) is 0 Å². The third-order valence-electron chi connectivity index (χ3n) is 6.93. The lowest BCUT2D eigenvalue weighted by molar-refractivity contribution is -0.136. The molecule has 176 valence electrons. The van der Waals surface area contributed by atoms with Crippen molar-refractivity contribution < 1.29 is 18.0 Å². The van der Waals surface area contributed by atoms with Gasteiger partial charge in [0, 0.05) is 36.7 Å². The van der Waals surface area contributed by atoms with E-state index < -0.39 is 16.1 Å². The van der Waals surface area contributed by atoms with Crippen LogP contribution in [-0.2, 0) is 32.5 Å². The van der Waals surface area contributed by atoms with Crippen molar-refractivity contribution in [1.82, 2.24) is 9.21 Å². The van der Waals surface area contributed by atoms with Gasteiger partial charge in [-0.1, -0.05) is 12.5 Å². The molecule has 3 aliphatic heterocycles. The summed E-state index contributed by atoms with van der Waals surface area (Å²) in [6.07, 6.45) is 5.31. The quantitative estimate of drug-likeness (QED) is 0.650. The van der Waals surface area contributed by atoms with Gasteiger partial charge < -0.3 is 9.80 Å². The Morgan fingerprint density at radius 2 is 1.82 bits per heavy atom. The molecule has 4 heterocycles. The molecule has 5 rings (SSSR count). The molecule has 2 saturated heterocycles. The Morgan fingerprint density at radius 1 is 1.00 bits per heavy atom. The molecule has 1 aromatic carbocycles. The summed E-state index contributed by atoms with van der Waals surface area (Å²) in [5, 5.41) is 1.95. The second-order valence-corrected chi connectivity index (χ2v) is 12.0. The van der Waals surface area contributed by atoms with Crippen LogP contribution in [0.1, 0.15) is 42.5 Å². The number of benzene rings is 1. The third-order valence-corrected chi connectivity index (χ3v) is 9.70. The van der Waals surface area contributed by atoms with Gasteiger partial charge in [0.2, 0.25) is 21.8 Å². The molecule has 9 heteroatoms. The smallest absolute Gasteiger partial charge is 0.249 e. The fourth-order valence-electron chi connectivity index (χ4n) is 5.19. The molecular formula is C24H29N3O4S2. The predicted octanol–water partition coefficient (Wildman–Crippen LogP) is 3.05. The van der Waals surface area contributed by atoms with Crippen LogP contribution < -0.4 is 4.90 Å². The summed E-state index contributed by atoms with van der Waals surface area (Å²) in [7, 11) is -3.50. The molecule has 2 fully saturated rings. The molecular weight excluding hydrogens is 458 g/mol. The monoisotopic (exact) mass is 487 g/mol. The summed E-state index contributed by atoms with van der Waals surface area (Å²) in [5.41, 5.74) is 1.66. The van der Waals surface area contributed by atoms with Crippen LogP contribution >= 0.6 is 11.3 Å². The van der Waals surface area contributed by atoms with Crippen molar-refractivity contribution >= 4 is 38.9 Å². The number of anilines is 1. The van der Waals surface area contributed by atoms with Crippen LogP contribution in [0.25, 0.3) is 0 Å². The van der Waals surface area contributed by atoms with Crippen LogP contribution in [0.15, 0.2) is 40.6 Å². The standard InChI is InChI=1S/C24H29N3O4S2/c28-23(17-19-6-5-15-32-19)26-13-4-7-22(26)24(29)27-14-10-18-16-20(8-9-21(18)27)33(30,31)25-11-2-1-3-12-25/h5-6,8-9,15-16,22H,1-4,7,10-14,17H2. The Hall–Kier alpha value is -2.23. The summed E-state index contributed by atoms with van der Waals surface area (Å²) in [6, 6.07) is 8.57. The highest BCUT2D eigenvalue weighted by Gasteiger charge is 2.39. The lowest BCUT2D eigenvalue weighted by atomic mass is 10.1. The zero-order valence-corrected chi connectivity index (χ0v) is 20.2. The minimum atomic E-state index is -3.50. The molecule has 0 aliphatic carbocycles. The van der Waals surface area contributed by atoms with Crippen molar-refractivity contribution in [2.75, 3.05) is 31.1 Å². The van der Waals surface area contributed by atoms with E-state index in [1.807, 2.05) is 17.5 Å². The lowest BCUT2D eigenvalue weighted by Crippen LogP contribution is -2.47. The second-order valence-electron chi connectivity index (χ2n) is 9.00. The van der Waals surface area contributed by atoms with Crippen LogP contribution in [0.5, 0.6) is 0 Å². The average Bonchev–Trinajstić information content (AvgIpc) is 3.59. The number of likely N-dealkylation sites (tertiary alicyclic amines) is 1. The molecule has 7 nitrogen and oxygen atoms in total. The summed E-state index contributed by atoms with van der Waals surface area (Å²) >= 11 is 1.55. The molecule has 33 heavy (non-hydrogen) atoms. The Kier molecular flexibility index (Phi) is 6.28. The van der Waals surface area contributed by atoms with Crippen molar-refractivity contribution in [2.45, 2.75) is 55.9 Å². The van der Waals surface area contributed by atoms with E-state index >= 15 is 0 Å². The second kappa shape index (κ2) is 9.19. The predicted molar refractivity (Wildman–Crippen MR) is 128 cm³/mol. The first kappa shape index (κ1) is 22.6. The van der Waals surface area contributed by atoms with E-state index in [-0.39, 0.29) is 11.8 Å². The number of sulfonamides is 1. The van der Waals surface area contributed by atoms with Gasteiger partial charge in [-0.2, -0.15) is 4.31 Å². The molecule has 0 radical (unpaired) electrons. The van der Waals surface area contributed by atoms with Crippen molar-refractivity contribution in [3.05, 3.63) is 46.2 Å². The summed E-state index contributed by atoms with van der Waals surface area (Å²) < 4.78 is 27.7. The highest BCUT2D eigenvalue weighted by atomic mass is 32.2. The number of amides is 2. The van der Waals surface area contributed by atoms with Gasteiger partial charge in [0.15, 0.2) is 0 Å². The lowest BCUT2D eigenvalue weighted by Gasteiger charge is -2.28. The molecule has 1 aromatic heterocycles.